The highest BCUT2D eigenvalue weighted by atomic mass is 35.5. The van der Waals surface area contributed by atoms with E-state index in [1.807, 2.05) is 19.1 Å². The third-order valence-electron chi connectivity index (χ3n) is 2.74. The van der Waals surface area contributed by atoms with Gasteiger partial charge in [0.2, 0.25) is 6.29 Å². The van der Waals surface area contributed by atoms with E-state index >= 15 is 0 Å². The highest BCUT2D eigenvalue weighted by Crippen LogP contribution is 2.29. The molecule has 4 heteroatoms. The summed E-state index contributed by atoms with van der Waals surface area (Å²) in [5.41, 5.74) is 1.77. The highest BCUT2D eigenvalue weighted by molar-refractivity contribution is 6.42. The Bertz CT molecular complexity index is 646. The van der Waals surface area contributed by atoms with E-state index in [0.29, 0.717) is 5.56 Å². The van der Waals surface area contributed by atoms with Crippen molar-refractivity contribution in [3.05, 3.63) is 68.7 Å². The second-order valence-corrected chi connectivity index (χ2v) is 4.87. The maximum Gasteiger partial charge on any atom is 0.235 e. The summed E-state index contributed by atoms with van der Waals surface area (Å²) in [6.07, 6.45) is 1.69. The number of rotatable bonds is 3. The van der Waals surface area contributed by atoms with Crippen molar-refractivity contribution in [2.75, 3.05) is 0 Å². The van der Waals surface area contributed by atoms with Gasteiger partial charge in [0.1, 0.15) is 0 Å². The van der Waals surface area contributed by atoms with Crippen molar-refractivity contribution in [2.24, 2.45) is 0 Å². The fourth-order valence-electron chi connectivity index (χ4n) is 1.69. The van der Waals surface area contributed by atoms with Crippen LogP contribution in [0.5, 0.6) is 0 Å². The molecule has 95 valence electrons. The first-order chi connectivity index (χ1) is 9.04. The van der Waals surface area contributed by atoms with Gasteiger partial charge in [-0.3, -0.25) is 9.59 Å². The van der Waals surface area contributed by atoms with Crippen molar-refractivity contribution < 1.29 is 9.59 Å². The van der Waals surface area contributed by atoms with Gasteiger partial charge < -0.3 is 0 Å². The van der Waals surface area contributed by atoms with Crippen LogP contribution in [-0.2, 0) is 4.79 Å². The Morgan fingerprint density at radius 3 is 2.26 bits per heavy atom. The quantitative estimate of drug-likeness (QED) is 0.801. The van der Waals surface area contributed by atoms with Crippen LogP contribution in [0.1, 0.15) is 27.0 Å². The van der Waals surface area contributed by atoms with Gasteiger partial charge in [0, 0.05) is 11.1 Å². The van der Waals surface area contributed by atoms with E-state index < -0.39 is 0 Å². The van der Waals surface area contributed by atoms with Crippen molar-refractivity contribution in [3.8, 4) is 0 Å². The van der Waals surface area contributed by atoms with E-state index in [1.54, 1.807) is 18.4 Å². The number of hydrogen-bond acceptors (Lipinski definition) is 2. The molecule has 0 bridgehead atoms. The summed E-state index contributed by atoms with van der Waals surface area (Å²) >= 11 is 12.0. The molecule has 0 spiro atoms. The van der Waals surface area contributed by atoms with E-state index in [1.165, 1.54) is 12.1 Å². The lowest BCUT2D eigenvalue weighted by atomic mass is 10.0. The molecule has 2 nitrogen and oxygen atoms in total. The number of carbonyl (C=O) groups excluding carboxylic acids is 2. The number of hydrogen-bond donors (Lipinski definition) is 0. The normalized spacial score (nSPS) is 10.3. The van der Waals surface area contributed by atoms with Crippen LogP contribution in [0.4, 0.5) is 0 Å². The van der Waals surface area contributed by atoms with Crippen molar-refractivity contribution in [3.63, 3.8) is 0 Å². The predicted molar refractivity (Wildman–Crippen MR) is 75.9 cm³/mol. The lowest BCUT2D eigenvalue weighted by Crippen LogP contribution is -2.05. The summed E-state index contributed by atoms with van der Waals surface area (Å²) in [5, 5.41) is 0.252. The van der Waals surface area contributed by atoms with E-state index in [2.05, 4.69) is 0 Å². The summed E-state index contributed by atoms with van der Waals surface area (Å²) in [5.74, 6) is -0.313. The van der Waals surface area contributed by atoms with E-state index in [4.69, 9.17) is 23.2 Å². The van der Waals surface area contributed by atoms with Crippen LogP contribution in [0.2, 0.25) is 10.0 Å². The molecule has 0 heterocycles. The molecular weight excluding hydrogens is 283 g/mol. The van der Waals surface area contributed by atoms with Gasteiger partial charge >= 0.3 is 0 Å². The zero-order valence-corrected chi connectivity index (χ0v) is 11.5. The van der Waals surface area contributed by atoms with Crippen LogP contribution in [0, 0.1) is 6.92 Å². The molecular formula is C15H9Cl2O2. The Balaban J connectivity index is 2.55. The molecule has 0 amide bonds. The van der Waals surface area contributed by atoms with E-state index in [0.717, 1.165) is 5.56 Å². The standard InChI is InChI=1S/C15H9Cl2O2/c1-9-2-4-10(5-3-9)15(19)13-12(16)7-6-11(8-18)14(13)17/h2-7H,1H3. The van der Waals surface area contributed by atoms with Crippen molar-refractivity contribution >= 4 is 35.3 Å². The third-order valence-corrected chi connectivity index (χ3v) is 3.45. The molecule has 2 aromatic rings. The Morgan fingerprint density at radius 1 is 1.05 bits per heavy atom. The van der Waals surface area contributed by atoms with Gasteiger partial charge in [-0.15, -0.1) is 0 Å². The molecule has 19 heavy (non-hydrogen) atoms. The Hall–Kier alpha value is -1.64. The summed E-state index contributed by atoms with van der Waals surface area (Å²) in [7, 11) is 0. The number of carbonyl (C=O) groups is 1. The van der Waals surface area contributed by atoms with Gasteiger partial charge in [-0.2, -0.15) is 0 Å². The fraction of sp³-hybridized carbons (Fsp3) is 0.0667. The second kappa shape index (κ2) is 5.55. The summed E-state index contributed by atoms with van der Waals surface area (Å²) in [4.78, 5) is 23.1. The summed E-state index contributed by atoms with van der Waals surface area (Å²) in [6.45, 7) is 1.93. The fourth-order valence-corrected chi connectivity index (χ4v) is 2.27. The maximum atomic E-state index is 12.4. The van der Waals surface area contributed by atoms with Gasteiger partial charge in [-0.1, -0.05) is 53.0 Å². The van der Waals surface area contributed by atoms with Crippen LogP contribution in [0.25, 0.3) is 0 Å². The van der Waals surface area contributed by atoms with Crippen molar-refractivity contribution in [1.82, 2.24) is 0 Å². The van der Waals surface area contributed by atoms with Crippen LogP contribution < -0.4 is 0 Å². The van der Waals surface area contributed by atoms with E-state index in [-0.39, 0.29) is 27.0 Å². The van der Waals surface area contributed by atoms with Gasteiger partial charge in [0.05, 0.1) is 15.6 Å². The first-order valence-corrected chi connectivity index (χ1v) is 6.27. The van der Waals surface area contributed by atoms with Crippen molar-refractivity contribution in [1.29, 1.82) is 0 Å². The lowest BCUT2D eigenvalue weighted by Gasteiger charge is -2.08. The first kappa shape index (κ1) is 13.8. The lowest BCUT2D eigenvalue weighted by molar-refractivity contribution is 0.103. The molecule has 0 fully saturated rings. The number of ketones is 1. The summed E-state index contributed by atoms with van der Waals surface area (Å²) < 4.78 is 0. The average molecular weight is 292 g/mol. The largest absolute Gasteiger partial charge is 0.288 e. The smallest absolute Gasteiger partial charge is 0.235 e. The molecule has 0 aliphatic carbocycles. The Kier molecular flexibility index (Phi) is 4.03. The Morgan fingerprint density at radius 2 is 1.68 bits per heavy atom. The topological polar surface area (TPSA) is 34.1 Å². The molecule has 1 radical (unpaired) electrons. The number of benzene rings is 2. The molecule has 0 aromatic heterocycles. The van der Waals surface area contributed by atoms with Gasteiger partial charge in [0.15, 0.2) is 5.78 Å². The minimum Gasteiger partial charge on any atom is -0.288 e. The van der Waals surface area contributed by atoms with Crippen LogP contribution >= 0.6 is 23.2 Å². The third kappa shape index (κ3) is 2.70. The molecule has 0 N–H and O–H groups in total. The summed E-state index contributed by atoms with van der Waals surface area (Å²) in [6, 6.07) is 9.94. The average Bonchev–Trinajstić information content (AvgIpc) is 2.39. The van der Waals surface area contributed by atoms with Gasteiger partial charge in [0.25, 0.3) is 0 Å². The second-order valence-electron chi connectivity index (χ2n) is 4.08. The Labute approximate surface area is 121 Å². The highest BCUT2D eigenvalue weighted by Gasteiger charge is 2.19. The monoisotopic (exact) mass is 291 g/mol. The van der Waals surface area contributed by atoms with Crippen molar-refractivity contribution in [2.45, 2.75) is 6.92 Å². The predicted octanol–water partition coefficient (Wildman–Crippen LogP) is 3.99. The number of aryl methyl sites for hydroxylation is 1. The zero-order valence-electron chi connectivity index (χ0n) is 10.0. The van der Waals surface area contributed by atoms with Gasteiger partial charge in [-0.05, 0) is 19.1 Å². The molecule has 0 aliphatic rings. The SMILES string of the molecule is Cc1ccc(C(=O)c2c(Cl)ccc([C]=O)c2Cl)cc1. The molecule has 0 saturated carbocycles. The van der Waals surface area contributed by atoms with Crippen LogP contribution in [0.15, 0.2) is 36.4 Å². The minimum absolute atomic E-state index is 0.0353. The van der Waals surface area contributed by atoms with E-state index in [9.17, 15) is 9.59 Å². The zero-order chi connectivity index (χ0) is 14.0. The first-order valence-electron chi connectivity index (χ1n) is 5.52. The molecule has 2 rings (SSSR count). The molecule has 0 unspecified atom stereocenters. The molecule has 2 aromatic carbocycles. The van der Waals surface area contributed by atoms with Gasteiger partial charge in [-0.25, -0.2) is 0 Å². The maximum absolute atomic E-state index is 12.4. The number of halogens is 2. The minimum atomic E-state index is -0.313. The molecule has 0 saturated heterocycles. The van der Waals surface area contributed by atoms with Crippen LogP contribution in [0.3, 0.4) is 0 Å². The molecule has 0 aliphatic heterocycles. The van der Waals surface area contributed by atoms with Crippen LogP contribution in [-0.4, -0.2) is 12.1 Å². The molecule has 0 atom stereocenters.